The fraction of sp³-hybridized carbons (Fsp3) is 0.750. The van der Waals surface area contributed by atoms with Crippen LogP contribution in [-0.4, -0.2) is 29.8 Å². The molecule has 1 aliphatic rings. The Balaban J connectivity index is 2.09. The van der Waals surface area contributed by atoms with Gasteiger partial charge in [-0.05, 0) is 25.2 Å². The van der Waals surface area contributed by atoms with Crippen molar-refractivity contribution in [1.29, 1.82) is 0 Å². The zero-order chi connectivity index (χ0) is 14.1. The SMILES string of the molecule is Cc1nc(S(=O)(=O)NCC2(CBr)CCCC2)cn1C. The molecule has 5 nitrogen and oxygen atoms in total. The van der Waals surface area contributed by atoms with Gasteiger partial charge in [0.15, 0.2) is 5.03 Å². The summed E-state index contributed by atoms with van der Waals surface area (Å²) in [6.45, 7) is 2.27. The molecule has 1 aliphatic carbocycles. The van der Waals surface area contributed by atoms with E-state index in [0.29, 0.717) is 12.4 Å². The molecule has 108 valence electrons. The maximum absolute atomic E-state index is 12.2. The number of nitrogens with one attached hydrogen (secondary N) is 1. The quantitative estimate of drug-likeness (QED) is 0.826. The van der Waals surface area contributed by atoms with Gasteiger partial charge in [0.25, 0.3) is 10.0 Å². The maximum atomic E-state index is 12.2. The standard InChI is InChI=1S/C12H20BrN3O2S/c1-10-15-11(7-16(10)2)19(17,18)14-9-12(8-13)5-3-4-6-12/h7,14H,3-6,8-9H2,1-2H3. The van der Waals surface area contributed by atoms with Crippen molar-refractivity contribution in [3.8, 4) is 0 Å². The van der Waals surface area contributed by atoms with Crippen LogP contribution >= 0.6 is 15.9 Å². The number of hydrogen-bond donors (Lipinski definition) is 1. The Hall–Kier alpha value is -0.400. The Morgan fingerprint density at radius 1 is 1.47 bits per heavy atom. The van der Waals surface area contributed by atoms with Crippen molar-refractivity contribution in [3.05, 3.63) is 12.0 Å². The van der Waals surface area contributed by atoms with Gasteiger partial charge in [-0.1, -0.05) is 28.8 Å². The molecule has 0 aliphatic heterocycles. The number of halogens is 1. The minimum absolute atomic E-state index is 0.0664. The number of alkyl halides is 1. The van der Waals surface area contributed by atoms with E-state index in [0.717, 1.165) is 18.2 Å². The highest BCUT2D eigenvalue weighted by Crippen LogP contribution is 2.39. The van der Waals surface area contributed by atoms with Crippen molar-refractivity contribution in [3.63, 3.8) is 0 Å². The van der Waals surface area contributed by atoms with Crippen molar-refractivity contribution < 1.29 is 8.42 Å². The molecule has 0 saturated heterocycles. The number of hydrogen-bond acceptors (Lipinski definition) is 3. The summed E-state index contributed by atoms with van der Waals surface area (Å²) in [4.78, 5) is 4.08. The summed E-state index contributed by atoms with van der Waals surface area (Å²) in [5.41, 5.74) is 0.0664. The summed E-state index contributed by atoms with van der Waals surface area (Å²) in [6.07, 6.45) is 6.04. The van der Waals surface area contributed by atoms with Crippen LogP contribution in [0.4, 0.5) is 0 Å². The van der Waals surface area contributed by atoms with E-state index in [1.165, 1.54) is 12.8 Å². The maximum Gasteiger partial charge on any atom is 0.259 e. The van der Waals surface area contributed by atoms with Crippen LogP contribution in [0.25, 0.3) is 0 Å². The Morgan fingerprint density at radius 2 is 2.11 bits per heavy atom. The lowest BCUT2D eigenvalue weighted by molar-refractivity contribution is 0.347. The van der Waals surface area contributed by atoms with Gasteiger partial charge < -0.3 is 4.57 Å². The predicted octanol–water partition coefficient (Wildman–Crippen LogP) is 1.96. The van der Waals surface area contributed by atoms with Gasteiger partial charge in [0.2, 0.25) is 0 Å². The molecule has 1 N–H and O–H groups in total. The van der Waals surface area contributed by atoms with Gasteiger partial charge in [-0.25, -0.2) is 18.1 Å². The normalized spacial score (nSPS) is 18.9. The number of sulfonamides is 1. The monoisotopic (exact) mass is 349 g/mol. The van der Waals surface area contributed by atoms with Crippen LogP contribution < -0.4 is 4.72 Å². The Kier molecular flexibility index (Phi) is 4.37. The van der Waals surface area contributed by atoms with Crippen molar-refractivity contribution >= 4 is 26.0 Å². The topological polar surface area (TPSA) is 64.0 Å². The lowest BCUT2D eigenvalue weighted by atomic mass is 9.89. The first-order valence-electron chi connectivity index (χ1n) is 6.44. The lowest BCUT2D eigenvalue weighted by Gasteiger charge is -2.26. The first kappa shape index (κ1) is 15.0. The van der Waals surface area contributed by atoms with Crippen LogP contribution in [0.1, 0.15) is 31.5 Å². The first-order chi connectivity index (χ1) is 8.88. The van der Waals surface area contributed by atoms with E-state index in [-0.39, 0.29) is 10.4 Å². The summed E-state index contributed by atoms with van der Waals surface area (Å²) >= 11 is 3.52. The summed E-state index contributed by atoms with van der Waals surface area (Å²) in [5.74, 6) is 0.691. The van der Waals surface area contributed by atoms with Gasteiger partial charge in [-0.15, -0.1) is 0 Å². The van der Waals surface area contributed by atoms with Crippen LogP contribution in [0.3, 0.4) is 0 Å². The van der Waals surface area contributed by atoms with Gasteiger partial charge in [0, 0.05) is 25.1 Å². The van der Waals surface area contributed by atoms with Crippen molar-refractivity contribution in [1.82, 2.24) is 14.3 Å². The van der Waals surface area contributed by atoms with E-state index in [9.17, 15) is 8.42 Å². The van der Waals surface area contributed by atoms with E-state index in [4.69, 9.17) is 0 Å². The van der Waals surface area contributed by atoms with E-state index in [1.54, 1.807) is 24.7 Å². The molecule has 0 amide bonds. The summed E-state index contributed by atoms with van der Waals surface area (Å²) < 4.78 is 28.8. The highest BCUT2D eigenvalue weighted by atomic mass is 79.9. The largest absolute Gasteiger partial charge is 0.337 e. The van der Waals surface area contributed by atoms with E-state index in [1.807, 2.05) is 0 Å². The van der Waals surface area contributed by atoms with Crippen molar-refractivity contribution in [2.75, 3.05) is 11.9 Å². The zero-order valence-electron chi connectivity index (χ0n) is 11.3. The number of aryl methyl sites for hydroxylation is 2. The second kappa shape index (κ2) is 5.54. The molecule has 7 heteroatoms. The van der Waals surface area contributed by atoms with Crippen molar-refractivity contribution in [2.45, 2.75) is 37.6 Å². The highest BCUT2D eigenvalue weighted by Gasteiger charge is 2.34. The molecule has 1 aromatic rings. The van der Waals surface area contributed by atoms with Crippen LogP contribution in [0.15, 0.2) is 11.2 Å². The Morgan fingerprint density at radius 3 is 2.58 bits per heavy atom. The van der Waals surface area contributed by atoms with Gasteiger partial charge >= 0.3 is 0 Å². The third-order valence-corrected chi connectivity index (χ3v) is 6.41. The van der Waals surface area contributed by atoms with Crippen LogP contribution in [0.2, 0.25) is 0 Å². The highest BCUT2D eigenvalue weighted by molar-refractivity contribution is 9.09. The van der Waals surface area contributed by atoms with Gasteiger partial charge in [-0.3, -0.25) is 0 Å². The smallest absolute Gasteiger partial charge is 0.259 e. The van der Waals surface area contributed by atoms with Crippen LogP contribution in [-0.2, 0) is 17.1 Å². The average Bonchev–Trinajstić information content (AvgIpc) is 2.96. The van der Waals surface area contributed by atoms with Crippen molar-refractivity contribution in [2.24, 2.45) is 12.5 Å². The number of nitrogens with zero attached hydrogens (tertiary/aromatic N) is 2. The Bertz CT molecular complexity index is 528. The molecule has 1 aromatic heterocycles. The average molecular weight is 350 g/mol. The molecule has 1 saturated carbocycles. The van der Waals surface area contributed by atoms with E-state index < -0.39 is 10.0 Å². The van der Waals surface area contributed by atoms with Crippen LogP contribution in [0.5, 0.6) is 0 Å². The molecule has 0 spiro atoms. The molecule has 0 radical (unpaired) electrons. The van der Waals surface area contributed by atoms with Gasteiger partial charge in [-0.2, -0.15) is 0 Å². The minimum atomic E-state index is -3.50. The molecular weight excluding hydrogens is 330 g/mol. The molecule has 0 bridgehead atoms. The summed E-state index contributed by atoms with van der Waals surface area (Å²) in [6, 6.07) is 0. The molecule has 1 heterocycles. The predicted molar refractivity (Wildman–Crippen MR) is 77.8 cm³/mol. The van der Waals surface area contributed by atoms with Crippen LogP contribution in [0, 0.1) is 12.3 Å². The second-order valence-electron chi connectivity index (χ2n) is 5.40. The molecule has 0 unspecified atom stereocenters. The fourth-order valence-corrected chi connectivity index (χ4v) is 4.41. The fourth-order valence-electron chi connectivity index (χ4n) is 2.46. The molecule has 0 aromatic carbocycles. The minimum Gasteiger partial charge on any atom is -0.337 e. The summed E-state index contributed by atoms with van der Waals surface area (Å²) in [7, 11) is -1.71. The molecule has 2 rings (SSSR count). The second-order valence-corrected chi connectivity index (χ2v) is 7.68. The number of imidazole rings is 1. The van der Waals surface area contributed by atoms with Gasteiger partial charge in [0.05, 0.1) is 0 Å². The van der Waals surface area contributed by atoms with Gasteiger partial charge in [0.1, 0.15) is 5.82 Å². The molecule has 19 heavy (non-hydrogen) atoms. The van der Waals surface area contributed by atoms with E-state index in [2.05, 4.69) is 25.6 Å². The third kappa shape index (κ3) is 3.20. The third-order valence-electron chi connectivity index (χ3n) is 3.95. The molecule has 0 atom stereocenters. The Labute approximate surface area is 123 Å². The number of aromatic nitrogens is 2. The molecule has 1 fully saturated rings. The number of rotatable bonds is 5. The zero-order valence-corrected chi connectivity index (χ0v) is 13.7. The first-order valence-corrected chi connectivity index (χ1v) is 9.05. The lowest BCUT2D eigenvalue weighted by Crippen LogP contribution is -2.37. The van der Waals surface area contributed by atoms with E-state index >= 15 is 0 Å². The molecular formula is C12H20BrN3O2S. The summed E-state index contributed by atoms with van der Waals surface area (Å²) in [5, 5.41) is 0.944.